The minimum Gasteiger partial charge on any atom is -0.380 e. The molecule has 19 heavy (non-hydrogen) atoms. The van der Waals surface area contributed by atoms with Crippen LogP contribution in [0.1, 0.15) is 33.6 Å². The molecule has 1 heterocycles. The molecule has 0 unspecified atom stereocenters. The highest BCUT2D eigenvalue weighted by Crippen LogP contribution is 1.96. The van der Waals surface area contributed by atoms with Crippen LogP contribution >= 0.6 is 0 Å². The van der Waals surface area contributed by atoms with Crippen molar-refractivity contribution in [3.8, 4) is 0 Å². The van der Waals surface area contributed by atoms with Crippen molar-refractivity contribution in [3.05, 3.63) is 0 Å². The number of ether oxygens (including phenoxy) is 2. The van der Waals surface area contributed by atoms with E-state index in [2.05, 4.69) is 31.0 Å². The molecule has 4 heteroatoms. The van der Waals surface area contributed by atoms with Crippen LogP contribution < -0.4 is 5.32 Å². The Labute approximate surface area is 119 Å². The van der Waals surface area contributed by atoms with Gasteiger partial charge in [0.25, 0.3) is 0 Å². The van der Waals surface area contributed by atoms with Gasteiger partial charge >= 0.3 is 0 Å². The van der Waals surface area contributed by atoms with Crippen LogP contribution in [0.2, 0.25) is 0 Å². The van der Waals surface area contributed by atoms with Gasteiger partial charge < -0.3 is 14.8 Å². The highest BCUT2D eigenvalue weighted by molar-refractivity contribution is 4.60. The fraction of sp³-hybridized carbons (Fsp3) is 1.00. The molecule has 1 fully saturated rings. The molecule has 0 spiro atoms. The van der Waals surface area contributed by atoms with Gasteiger partial charge in [0.05, 0.1) is 19.8 Å². The highest BCUT2D eigenvalue weighted by atomic mass is 16.5. The van der Waals surface area contributed by atoms with Crippen molar-refractivity contribution in [2.45, 2.75) is 33.6 Å². The summed E-state index contributed by atoms with van der Waals surface area (Å²) in [6, 6.07) is 0. The molecule has 1 N–H and O–H groups in total. The van der Waals surface area contributed by atoms with Crippen LogP contribution in [0, 0.1) is 5.92 Å². The summed E-state index contributed by atoms with van der Waals surface area (Å²) in [6.45, 7) is 14.4. The van der Waals surface area contributed by atoms with Crippen molar-refractivity contribution in [3.63, 3.8) is 0 Å². The van der Waals surface area contributed by atoms with Gasteiger partial charge in [-0.05, 0) is 25.9 Å². The van der Waals surface area contributed by atoms with Crippen LogP contribution in [-0.4, -0.2) is 64.6 Å². The Bertz CT molecular complexity index is 172. The number of nitrogens with zero attached hydrogens (tertiary/aromatic N) is 1. The smallest absolute Gasteiger partial charge is 0.0594 e. The van der Waals surface area contributed by atoms with E-state index in [1.54, 1.807) is 0 Å². The lowest BCUT2D eigenvalue weighted by molar-refractivity contribution is 0.0201. The van der Waals surface area contributed by atoms with E-state index >= 15 is 0 Å². The van der Waals surface area contributed by atoms with E-state index in [-0.39, 0.29) is 0 Å². The van der Waals surface area contributed by atoms with E-state index in [0.29, 0.717) is 0 Å². The first kappa shape index (κ1) is 18.8. The van der Waals surface area contributed by atoms with Gasteiger partial charge in [0.2, 0.25) is 0 Å². The lowest BCUT2D eigenvalue weighted by Crippen LogP contribution is -2.38. The lowest BCUT2D eigenvalue weighted by Gasteiger charge is -2.26. The Morgan fingerprint density at radius 2 is 1.89 bits per heavy atom. The number of hydrogen-bond donors (Lipinski definition) is 1. The number of rotatable bonds is 8. The zero-order valence-electron chi connectivity index (χ0n) is 13.4. The van der Waals surface area contributed by atoms with Crippen molar-refractivity contribution in [1.82, 2.24) is 10.2 Å². The average Bonchev–Trinajstić information content (AvgIpc) is 2.40. The van der Waals surface area contributed by atoms with Crippen LogP contribution in [-0.2, 0) is 9.47 Å². The van der Waals surface area contributed by atoms with Gasteiger partial charge in [-0.1, -0.05) is 27.2 Å². The van der Waals surface area contributed by atoms with E-state index in [1.165, 1.54) is 12.8 Å². The maximum atomic E-state index is 5.49. The van der Waals surface area contributed by atoms with E-state index < -0.39 is 0 Å². The Morgan fingerprint density at radius 3 is 2.37 bits per heavy atom. The summed E-state index contributed by atoms with van der Waals surface area (Å²) in [5.41, 5.74) is 0. The van der Waals surface area contributed by atoms with E-state index in [4.69, 9.17) is 9.47 Å². The van der Waals surface area contributed by atoms with Crippen LogP contribution in [0.5, 0.6) is 0 Å². The highest BCUT2D eigenvalue weighted by Gasteiger charge is 2.08. The van der Waals surface area contributed by atoms with Gasteiger partial charge in [-0.2, -0.15) is 0 Å². The van der Waals surface area contributed by atoms with E-state index in [9.17, 15) is 0 Å². The zero-order valence-corrected chi connectivity index (χ0v) is 13.4. The molecule has 1 rings (SSSR count). The third-order valence-electron chi connectivity index (χ3n) is 2.91. The molecule has 1 saturated heterocycles. The van der Waals surface area contributed by atoms with Crippen molar-refractivity contribution in [2.75, 3.05) is 59.7 Å². The van der Waals surface area contributed by atoms with Crippen molar-refractivity contribution in [1.29, 1.82) is 0 Å². The fourth-order valence-electron chi connectivity index (χ4n) is 1.78. The van der Waals surface area contributed by atoms with E-state index in [1.807, 2.05) is 7.05 Å². The molecular formula is C15H34N2O2. The molecular weight excluding hydrogens is 240 g/mol. The predicted octanol–water partition coefficient (Wildman–Crippen LogP) is 2.00. The molecule has 0 aromatic carbocycles. The standard InChI is InChI=1S/C10H21NO2.C5H13N/c1-2-3-7-12-8-4-11-5-9-13-10-6-11;1-5(2)4-6-3/h2-10H2,1H3;5-6H,4H2,1-3H3. The maximum Gasteiger partial charge on any atom is 0.0594 e. The summed E-state index contributed by atoms with van der Waals surface area (Å²) >= 11 is 0. The molecule has 1 aliphatic rings. The topological polar surface area (TPSA) is 33.7 Å². The summed E-state index contributed by atoms with van der Waals surface area (Å²) in [7, 11) is 1.97. The summed E-state index contributed by atoms with van der Waals surface area (Å²) in [5, 5.41) is 3.07. The van der Waals surface area contributed by atoms with Gasteiger partial charge in [-0.3, -0.25) is 4.90 Å². The first-order valence-electron chi connectivity index (χ1n) is 7.73. The van der Waals surface area contributed by atoms with Crippen LogP contribution in [0.15, 0.2) is 0 Å². The number of nitrogens with one attached hydrogen (secondary N) is 1. The Kier molecular flexibility index (Phi) is 14.1. The van der Waals surface area contributed by atoms with Crippen LogP contribution in [0.4, 0.5) is 0 Å². The van der Waals surface area contributed by atoms with Gasteiger partial charge in [-0.25, -0.2) is 0 Å². The van der Waals surface area contributed by atoms with E-state index in [0.717, 1.165) is 58.5 Å². The first-order chi connectivity index (χ1) is 9.20. The zero-order chi connectivity index (χ0) is 14.3. The average molecular weight is 274 g/mol. The molecule has 0 radical (unpaired) electrons. The fourth-order valence-corrected chi connectivity index (χ4v) is 1.78. The quantitative estimate of drug-likeness (QED) is 0.686. The van der Waals surface area contributed by atoms with Crippen molar-refractivity contribution in [2.24, 2.45) is 5.92 Å². The minimum absolute atomic E-state index is 0.787. The summed E-state index contributed by atoms with van der Waals surface area (Å²) in [4.78, 5) is 2.40. The summed E-state index contributed by atoms with van der Waals surface area (Å²) in [6.07, 6.45) is 2.40. The molecule has 0 aliphatic carbocycles. The van der Waals surface area contributed by atoms with Crippen LogP contribution in [0.3, 0.4) is 0 Å². The molecule has 0 aromatic rings. The summed E-state index contributed by atoms with van der Waals surface area (Å²) in [5.74, 6) is 0.787. The molecule has 0 amide bonds. The Morgan fingerprint density at radius 1 is 1.21 bits per heavy atom. The van der Waals surface area contributed by atoms with Crippen molar-refractivity contribution < 1.29 is 9.47 Å². The van der Waals surface area contributed by atoms with Gasteiger partial charge in [0, 0.05) is 26.2 Å². The largest absolute Gasteiger partial charge is 0.380 e. The minimum atomic E-state index is 0.787. The van der Waals surface area contributed by atoms with Gasteiger partial charge in [0.1, 0.15) is 0 Å². The number of unbranched alkanes of at least 4 members (excludes halogenated alkanes) is 1. The second-order valence-electron chi connectivity index (χ2n) is 5.37. The third-order valence-corrected chi connectivity index (χ3v) is 2.91. The maximum absolute atomic E-state index is 5.49. The monoisotopic (exact) mass is 274 g/mol. The van der Waals surface area contributed by atoms with Crippen molar-refractivity contribution >= 4 is 0 Å². The molecule has 0 atom stereocenters. The van der Waals surface area contributed by atoms with Crippen LogP contribution in [0.25, 0.3) is 0 Å². The molecule has 4 nitrogen and oxygen atoms in total. The second-order valence-corrected chi connectivity index (χ2v) is 5.37. The molecule has 0 bridgehead atoms. The Hall–Kier alpha value is -0.160. The third kappa shape index (κ3) is 14.1. The second kappa shape index (κ2) is 14.3. The number of hydrogen-bond acceptors (Lipinski definition) is 4. The Balaban J connectivity index is 0.000000459. The van der Waals surface area contributed by atoms with Gasteiger partial charge in [0.15, 0.2) is 0 Å². The molecule has 116 valence electrons. The summed E-state index contributed by atoms with van der Waals surface area (Å²) < 4.78 is 10.8. The first-order valence-corrected chi connectivity index (χ1v) is 7.73. The van der Waals surface area contributed by atoms with Gasteiger partial charge in [-0.15, -0.1) is 0 Å². The molecule has 0 saturated carbocycles. The normalized spacial score (nSPS) is 16.3. The lowest BCUT2D eigenvalue weighted by atomic mass is 10.2. The number of morpholine rings is 1. The molecule has 1 aliphatic heterocycles. The predicted molar refractivity (Wildman–Crippen MR) is 81.8 cm³/mol. The molecule has 0 aromatic heterocycles. The SMILES string of the molecule is CCCCOCCN1CCOCC1.CNCC(C)C.